The van der Waals surface area contributed by atoms with Crippen molar-refractivity contribution in [3.8, 4) is 0 Å². The summed E-state index contributed by atoms with van der Waals surface area (Å²) >= 11 is 0. The highest BCUT2D eigenvalue weighted by Crippen LogP contribution is 2.15. The Kier molecular flexibility index (Phi) is 0.889. The van der Waals surface area contributed by atoms with Crippen LogP contribution in [0.25, 0.3) is 22.1 Å². The largest absolute Gasteiger partial charge is 0.360 e. The molecule has 3 rings (SSSR count). The van der Waals surface area contributed by atoms with E-state index in [-0.39, 0.29) is 0 Å². The average Bonchev–Trinajstić information content (AvgIpc) is 2.64. The molecule has 4 nitrogen and oxygen atoms in total. The molecule has 0 fully saturated rings. The number of rotatable bonds is 0. The summed E-state index contributed by atoms with van der Waals surface area (Å²) in [6, 6.07) is 3.97. The van der Waals surface area contributed by atoms with E-state index >= 15 is 0 Å². The van der Waals surface area contributed by atoms with Crippen molar-refractivity contribution in [1.29, 1.82) is 0 Å². The van der Waals surface area contributed by atoms with Crippen LogP contribution in [-0.4, -0.2) is 20.2 Å². The van der Waals surface area contributed by atoms with Crippen LogP contribution in [0.2, 0.25) is 0 Å². The van der Waals surface area contributed by atoms with Crippen molar-refractivity contribution in [2.75, 3.05) is 0 Å². The molecule has 0 radical (unpaired) electrons. The lowest BCUT2D eigenvalue weighted by Gasteiger charge is -1.88. The van der Waals surface area contributed by atoms with Crippen molar-refractivity contribution in [3.63, 3.8) is 0 Å². The summed E-state index contributed by atoms with van der Waals surface area (Å²) in [5.41, 5.74) is 2.85. The molecule has 0 amide bonds. The smallest absolute Gasteiger partial charge is 0.155 e. The Hall–Kier alpha value is -1.84. The third-order valence-corrected chi connectivity index (χ3v) is 1.94. The SMILES string of the molecule is c1cc2nc3[nH]ncc3cc2[nH]1. The van der Waals surface area contributed by atoms with E-state index < -0.39 is 0 Å². The molecule has 0 aliphatic carbocycles. The third kappa shape index (κ3) is 0.611. The third-order valence-electron chi connectivity index (χ3n) is 1.94. The second-order valence-corrected chi connectivity index (χ2v) is 2.71. The predicted octanol–water partition coefficient (Wildman–Crippen LogP) is 1.44. The number of hydrogen-bond acceptors (Lipinski definition) is 2. The Bertz CT molecular complexity index is 443. The lowest BCUT2D eigenvalue weighted by molar-refractivity contribution is 1.10. The van der Waals surface area contributed by atoms with Gasteiger partial charge in [-0.25, -0.2) is 4.98 Å². The molecule has 0 saturated carbocycles. The molecular weight excluding hydrogens is 152 g/mol. The van der Waals surface area contributed by atoms with Crippen molar-refractivity contribution in [2.45, 2.75) is 0 Å². The lowest BCUT2D eigenvalue weighted by atomic mass is 10.3. The van der Waals surface area contributed by atoms with Crippen molar-refractivity contribution in [2.24, 2.45) is 0 Å². The first-order chi connectivity index (χ1) is 5.93. The fourth-order valence-corrected chi connectivity index (χ4v) is 1.35. The fourth-order valence-electron chi connectivity index (χ4n) is 1.35. The predicted molar refractivity (Wildman–Crippen MR) is 45.7 cm³/mol. The number of pyridine rings is 1. The van der Waals surface area contributed by atoms with Crippen LogP contribution in [0.15, 0.2) is 24.5 Å². The molecule has 4 heteroatoms. The van der Waals surface area contributed by atoms with Gasteiger partial charge >= 0.3 is 0 Å². The Balaban J connectivity index is 2.62. The topological polar surface area (TPSA) is 57.4 Å². The van der Waals surface area contributed by atoms with Gasteiger partial charge in [0.25, 0.3) is 0 Å². The Morgan fingerprint density at radius 1 is 1.33 bits per heavy atom. The Morgan fingerprint density at radius 3 is 3.33 bits per heavy atom. The zero-order valence-electron chi connectivity index (χ0n) is 6.20. The average molecular weight is 158 g/mol. The maximum Gasteiger partial charge on any atom is 0.155 e. The summed E-state index contributed by atoms with van der Waals surface area (Å²) < 4.78 is 0. The molecule has 12 heavy (non-hydrogen) atoms. The van der Waals surface area contributed by atoms with Crippen LogP contribution in [0, 0.1) is 0 Å². The maximum atomic E-state index is 4.35. The number of hydrogen-bond donors (Lipinski definition) is 2. The van der Waals surface area contributed by atoms with E-state index in [1.54, 1.807) is 6.20 Å². The summed E-state index contributed by atoms with van der Waals surface area (Å²) in [6.45, 7) is 0. The van der Waals surface area contributed by atoms with Gasteiger partial charge in [0.2, 0.25) is 0 Å². The highest BCUT2D eigenvalue weighted by molar-refractivity contribution is 5.88. The van der Waals surface area contributed by atoms with Crippen molar-refractivity contribution < 1.29 is 0 Å². The van der Waals surface area contributed by atoms with Gasteiger partial charge in [-0.2, -0.15) is 5.10 Å². The summed E-state index contributed by atoms with van der Waals surface area (Å²) in [5, 5.41) is 7.76. The molecule has 2 N–H and O–H groups in total. The van der Waals surface area contributed by atoms with Crippen LogP contribution in [0.5, 0.6) is 0 Å². The fraction of sp³-hybridized carbons (Fsp3) is 0. The Labute approximate surface area is 67.6 Å². The van der Waals surface area contributed by atoms with E-state index in [4.69, 9.17) is 0 Å². The minimum atomic E-state index is 0.835. The zero-order valence-corrected chi connectivity index (χ0v) is 6.20. The number of fused-ring (bicyclic) bond motifs is 2. The maximum absolute atomic E-state index is 4.35. The van der Waals surface area contributed by atoms with Gasteiger partial charge in [0.05, 0.1) is 17.2 Å². The van der Waals surface area contributed by atoms with Gasteiger partial charge in [0.1, 0.15) is 0 Å². The molecular formula is C8H6N4. The minimum Gasteiger partial charge on any atom is -0.360 e. The molecule has 0 spiro atoms. The van der Waals surface area contributed by atoms with Gasteiger partial charge in [-0.05, 0) is 12.1 Å². The molecule has 0 unspecified atom stereocenters. The van der Waals surface area contributed by atoms with Crippen LogP contribution in [0.3, 0.4) is 0 Å². The normalized spacial score (nSPS) is 11.3. The number of aromatic nitrogens is 4. The highest BCUT2D eigenvalue weighted by Gasteiger charge is 2.00. The second-order valence-electron chi connectivity index (χ2n) is 2.71. The highest BCUT2D eigenvalue weighted by atomic mass is 15.1. The van der Waals surface area contributed by atoms with Gasteiger partial charge < -0.3 is 4.98 Å². The molecule has 0 saturated heterocycles. The summed E-state index contributed by atoms with van der Waals surface area (Å²) in [4.78, 5) is 7.45. The number of aromatic amines is 2. The van der Waals surface area contributed by atoms with Crippen molar-refractivity contribution in [3.05, 3.63) is 24.5 Å². The van der Waals surface area contributed by atoms with Gasteiger partial charge in [-0.15, -0.1) is 0 Å². The molecule has 58 valence electrons. The lowest BCUT2D eigenvalue weighted by Crippen LogP contribution is -1.76. The molecule has 3 aromatic heterocycles. The van der Waals surface area contributed by atoms with E-state index in [0.717, 1.165) is 22.1 Å². The molecule has 3 heterocycles. The first-order valence-corrected chi connectivity index (χ1v) is 3.71. The van der Waals surface area contributed by atoms with Gasteiger partial charge in [-0.1, -0.05) is 0 Å². The molecule has 0 aliphatic heterocycles. The second kappa shape index (κ2) is 1.85. The summed E-state index contributed by atoms with van der Waals surface area (Å²) in [6.07, 6.45) is 3.65. The van der Waals surface area contributed by atoms with E-state index in [9.17, 15) is 0 Å². The van der Waals surface area contributed by atoms with E-state index in [0.29, 0.717) is 0 Å². The van der Waals surface area contributed by atoms with Crippen molar-refractivity contribution >= 4 is 22.1 Å². The van der Waals surface area contributed by atoms with Gasteiger partial charge in [0, 0.05) is 11.6 Å². The van der Waals surface area contributed by atoms with E-state index in [1.807, 2.05) is 18.3 Å². The molecule has 0 atom stereocenters. The monoisotopic (exact) mass is 158 g/mol. The van der Waals surface area contributed by atoms with Gasteiger partial charge in [0.15, 0.2) is 5.65 Å². The van der Waals surface area contributed by atoms with E-state index in [2.05, 4.69) is 20.2 Å². The van der Waals surface area contributed by atoms with Gasteiger partial charge in [-0.3, -0.25) is 5.10 Å². The van der Waals surface area contributed by atoms with Crippen LogP contribution >= 0.6 is 0 Å². The first kappa shape index (κ1) is 5.77. The van der Waals surface area contributed by atoms with Crippen LogP contribution in [0.4, 0.5) is 0 Å². The summed E-state index contributed by atoms with van der Waals surface area (Å²) in [7, 11) is 0. The standard InChI is InChI=1S/C8H6N4/c1-2-9-7-3-5-4-10-12-8(5)11-6(1)7/h1-4,9H,(H,10,11,12). The first-order valence-electron chi connectivity index (χ1n) is 3.71. The van der Waals surface area contributed by atoms with Crippen LogP contribution < -0.4 is 0 Å². The molecule has 0 aliphatic rings. The molecule has 3 aromatic rings. The number of nitrogens with zero attached hydrogens (tertiary/aromatic N) is 2. The number of H-pyrrole nitrogens is 2. The molecule has 0 bridgehead atoms. The number of nitrogens with one attached hydrogen (secondary N) is 2. The quantitative estimate of drug-likeness (QED) is 0.520. The zero-order chi connectivity index (χ0) is 7.97. The Morgan fingerprint density at radius 2 is 2.33 bits per heavy atom. The van der Waals surface area contributed by atoms with E-state index in [1.165, 1.54) is 0 Å². The van der Waals surface area contributed by atoms with Crippen molar-refractivity contribution in [1.82, 2.24) is 20.2 Å². The molecule has 0 aromatic carbocycles. The summed E-state index contributed by atoms with van der Waals surface area (Å²) in [5.74, 6) is 0. The van der Waals surface area contributed by atoms with Crippen LogP contribution in [0.1, 0.15) is 0 Å². The van der Waals surface area contributed by atoms with Crippen LogP contribution in [-0.2, 0) is 0 Å². The minimum absolute atomic E-state index is 0.835.